The lowest BCUT2D eigenvalue weighted by atomic mass is 10.3. The van der Waals surface area contributed by atoms with Crippen LogP contribution in [0.25, 0.3) is 0 Å². The van der Waals surface area contributed by atoms with Gasteiger partial charge in [-0.25, -0.2) is 4.79 Å². The van der Waals surface area contributed by atoms with Gasteiger partial charge in [-0.1, -0.05) is 0 Å². The van der Waals surface area contributed by atoms with E-state index in [2.05, 4.69) is 5.32 Å². The summed E-state index contributed by atoms with van der Waals surface area (Å²) in [6.07, 6.45) is 1.42. The highest BCUT2D eigenvalue weighted by Gasteiger charge is 2.16. The number of rotatable bonds is 4. The summed E-state index contributed by atoms with van der Waals surface area (Å²) in [5.41, 5.74) is 0. The van der Waals surface area contributed by atoms with Gasteiger partial charge in [-0.2, -0.15) is 0 Å². The van der Waals surface area contributed by atoms with Gasteiger partial charge in [0, 0.05) is 6.07 Å². The maximum Gasteiger partial charge on any atom is 0.328 e. The van der Waals surface area contributed by atoms with E-state index in [-0.39, 0.29) is 0 Å². The van der Waals surface area contributed by atoms with Crippen LogP contribution in [0.2, 0.25) is 0 Å². The van der Waals surface area contributed by atoms with Crippen molar-refractivity contribution in [1.29, 1.82) is 0 Å². The van der Waals surface area contributed by atoms with E-state index in [4.69, 9.17) is 14.6 Å². The van der Waals surface area contributed by atoms with Crippen LogP contribution in [0.3, 0.4) is 0 Å². The molecule has 0 saturated carbocycles. The third-order valence-electron chi connectivity index (χ3n) is 1.32. The molecule has 1 rings (SSSR count). The maximum atomic E-state index is 10.4. The van der Waals surface area contributed by atoms with Gasteiger partial charge in [-0.15, -0.1) is 0 Å². The van der Waals surface area contributed by atoms with Gasteiger partial charge in [0.25, 0.3) is 0 Å². The van der Waals surface area contributed by atoms with Crippen LogP contribution in [0.15, 0.2) is 22.8 Å². The Balaban J connectivity index is 2.54. The number of hydrogen-bond acceptors (Lipinski definition) is 4. The topological polar surface area (TPSA) is 82.7 Å². The van der Waals surface area contributed by atoms with Gasteiger partial charge in [-0.3, -0.25) is 0 Å². The minimum atomic E-state index is -1.12. The number of aliphatic hydroxyl groups is 1. The van der Waals surface area contributed by atoms with E-state index in [9.17, 15) is 4.79 Å². The average molecular weight is 171 g/mol. The number of carbonyl (C=O) groups is 1. The van der Waals surface area contributed by atoms with E-state index >= 15 is 0 Å². The first-order valence-corrected chi connectivity index (χ1v) is 3.37. The monoisotopic (exact) mass is 171 g/mol. The second-order valence-corrected chi connectivity index (χ2v) is 2.20. The molecule has 0 spiro atoms. The normalized spacial score (nSPS) is 12.4. The molecule has 3 N–H and O–H groups in total. The molecule has 1 aromatic heterocycles. The van der Waals surface area contributed by atoms with Crippen molar-refractivity contribution < 1.29 is 19.4 Å². The number of aliphatic hydroxyl groups excluding tert-OH is 1. The van der Waals surface area contributed by atoms with Crippen LogP contribution < -0.4 is 5.32 Å². The highest BCUT2D eigenvalue weighted by Crippen LogP contribution is 2.07. The van der Waals surface area contributed by atoms with Crippen LogP contribution in [0.1, 0.15) is 0 Å². The molecule has 0 bridgehead atoms. The molecule has 0 aliphatic carbocycles. The minimum Gasteiger partial charge on any atom is -0.480 e. The summed E-state index contributed by atoms with van der Waals surface area (Å²) in [6.45, 7) is -0.476. The fourth-order valence-electron chi connectivity index (χ4n) is 0.718. The first-order chi connectivity index (χ1) is 5.74. The van der Waals surface area contributed by atoms with E-state index < -0.39 is 18.6 Å². The fraction of sp³-hybridized carbons (Fsp3) is 0.286. The van der Waals surface area contributed by atoms with E-state index in [0.717, 1.165) is 0 Å². The molecule has 0 aliphatic rings. The maximum absolute atomic E-state index is 10.4. The lowest BCUT2D eigenvalue weighted by molar-refractivity contribution is -0.138. The number of carboxylic acids is 1. The summed E-state index contributed by atoms with van der Waals surface area (Å²) in [5, 5.41) is 19.6. The average Bonchev–Trinajstić information content (AvgIpc) is 2.51. The number of carboxylic acid groups (broad SMARTS) is 1. The standard InChI is InChI=1S/C7H9NO4/c9-4-5(7(10)11)8-6-2-1-3-12-6/h1-3,5,8-9H,4H2,(H,10,11)/t5-/m0/s1. The number of anilines is 1. The highest BCUT2D eigenvalue weighted by molar-refractivity contribution is 5.76. The first kappa shape index (κ1) is 8.61. The Hall–Kier alpha value is -1.49. The third kappa shape index (κ3) is 2.00. The van der Waals surface area contributed by atoms with Gasteiger partial charge in [-0.05, 0) is 6.07 Å². The summed E-state index contributed by atoms with van der Waals surface area (Å²) >= 11 is 0. The zero-order valence-electron chi connectivity index (χ0n) is 6.23. The number of hydrogen-bond donors (Lipinski definition) is 3. The molecule has 66 valence electrons. The number of aliphatic carboxylic acids is 1. The van der Waals surface area contributed by atoms with Crippen LogP contribution in [0, 0.1) is 0 Å². The van der Waals surface area contributed by atoms with E-state index in [1.54, 1.807) is 12.1 Å². The minimum absolute atomic E-state index is 0.330. The lowest BCUT2D eigenvalue weighted by Crippen LogP contribution is -2.32. The van der Waals surface area contributed by atoms with Crippen LogP contribution in [-0.2, 0) is 4.79 Å². The van der Waals surface area contributed by atoms with Crippen LogP contribution in [-0.4, -0.2) is 28.8 Å². The van der Waals surface area contributed by atoms with Crippen molar-refractivity contribution in [2.45, 2.75) is 6.04 Å². The Labute approximate surface area is 68.6 Å². The Morgan fingerprint density at radius 1 is 1.75 bits per heavy atom. The smallest absolute Gasteiger partial charge is 0.328 e. The van der Waals surface area contributed by atoms with Crippen LogP contribution in [0.4, 0.5) is 5.88 Å². The van der Waals surface area contributed by atoms with Crippen molar-refractivity contribution in [1.82, 2.24) is 0 Å². The number of furan rings is 1. The molecule has 0 saturated heterocycles. The molecule has 1 heterocycles. The molecule has 0 fully saturated rings. The Morgan fingerprint density at radius 2 is 2.50 bits per heavy atom. The van der Waals surface area contributed by atoms with Crippen molar-refractivity contribution in [2.24, 2.45) is 0 Å². The number of nitrogens with one attached hydrogen (secondary N) is 1. The molecule has 1 aromatic rings. The molecule has 0 aliphatic heterocycles. The molecule has 0 aromatic carbocycles. The second-order valence-electron chi connectivity index (χ2n) is 2.20. The molecular formula is C7H9NO4. The molecule has 5 nitrogen and oxygen atoms in total. The van der Waals surface area contributed by atoms with Crippen LogP contribution in [0.5, 0.6) is 0 Å². The predicted molar refractivity (Wildman–Crippen MR) is 40.8 cm³/mol. The lowest BCUT2D eigenvalue weighted by Gasteiger charge is -2.09. The van der Waals surface area contributed by atoms with Crippen molar-refractivity contribution in [3.05, 3.63) is 18.4 Å². The summed E-state index contributed by atoms with van der Waals surface area (Å²) in [7, 11) is 0. The van der Waals surface area contributed by atoms with Crippen molar-refractivity contribution >= 4 is 11.9 Å². The van der Waals surface area contributed by atoms with Crippen molar-refractivity contribution in [3.8, 4) is 0 Å². The Bertz CT molecular complexity index is 244. The molecule has 12 heavy (non-hydrogen) atoms. The first-order valence-electron chi connectivity index (χ1n) is 3.37. The van der Waals surface area contributed by atoms with Crippen molar-refractivity contribution in [2.75, 3.05) is 11.9 Å². The van der Waals surface area contributed by atoms with Gasteiger partial charge in [0.15, 0.2) is 5.88 Å². The molecule has 0 unspecified atom stereocenters. The quantitative estimate of drug-likeness (QED) is 0.600. The largest absolute Gasteiger partial charge is 0.480 e. The SMILES string of the molecule is O=C(O)[C@H](CO)Nc1ccco1. The van der Waals surface area contributed by atoms with E-state index in [0.29, 0.717) is 5.88 Å². The molecule has 0 radical (unpaired) electrons. The van der Waals surface area contributed by atoms with Gasteiger partial charge in [0.2, 0.25) is 0 Å². The zero-order valence-corrected chi connectivity index (χ0v) is 6.23. The zero-order chi connectivity index (χ0) is 8.97. The van der Waals surface area contributed by atoms with Gasteiger partial charge >= 0.3 is 5.97 Å². The summed E-state index contributed by atoms with van der Waals surface area (Å²) in [6, 6.07) is 2.18. The Kier molecular flexibility index (Phi) is 2.71. The summed E-state index contributed by atoms with van der Waals surface area (Å²) in [5.74, 6) is -0.787. The highest BCUT2D eigenvalue weighted by atomic mass is 16.4. The molecular weight excluding hydrogens is 162 g/mol. The van der Waals surface area contributed by atoms with Gasteiger partial charge in [0.05, 0.1) is 12.9 Å². The predicted octanol–water partition coefficient (Wildman–Crippen LogP) is 0.137. The fourth-order valence-corrected chi connectivity index (χ4v) is 0.718. The van der Waals surface area contributed by atoms with E-state index in [1.165, 1.54) is 6.26 Å². The van der Waals surface area contributed by atoms with Gasteiger partial charge in [0.1, 0.15) is 6.04 Å². The van der Waals surface area contributed by atoms with E-state index in [1.807, 2.05) is 0 Å². The van der Waals surface area contributed by atoms with Gasteiger partial charge < -0.3 is 19.9 Å². The summed E-state index contributed by atoms with van der Waals surface area (Å²) in [4.78, 5) is 10.4. The van der Waals surface area contributed by atoms with Crippen molar-refractivity contribution in [3.63, 3.8) is 0 Å². The molecule has 1 atom stereocenters. The molecule has 0 amide bonds. The summed E-state index contributed by atoms with van der Waals surface area (Å²) < 4.78 is 4.83. The molecule has 5 heteroatoms. The third-order valence-corrected chi connectivity index (χ3v) is 1.32. The van der Waals surface area contributed by atoms with Crippen LogP contribution >= 0.6 is 0 Å². The second kappa shape index (κ2) is 3.77. The Morgan fingerprint density at radius 3 is 2.92 bits per heavy atom.